The molecule has 1 heterocycles. The van der Waals surface area contributed by atoms with Crippen molar-refractivity contribution in [3.05, 3.63) is 77.6 Å². The van der Waals surface area contributed by atoms with Crippen LogP contribution >= 0.6 is 0 Å². The average molecular weight is 459 g/mol. The molecule has 1 aromatic heterocycles. The predicted octanol–water partition coefficient (Wildman–Crippen LogP) is 4.58. The molecular formula is C26H26N4O4. The lowest BCUT2D eigenvalue weighted by Crippen LogP contribution is -2.12. The van der Waals surface area contributed by atoms with Crippen LogP contribution < -0.4 is 20.1 Å². The number of hydrogen-bond donors (Lipinski definition) is 3. The third-order valence-electron chi connectivity index (χ3n) is 5.37. The Kier molecular flexibility index (Phi) is 6.77. The van der Waals surface area contributed by atoms with Crippen molar-refractivity contribution in [3.63, 3.8) is 0 Å². The topological polar surface area (TPSA) is 105 Å². The van der Waals surface area contributed by atoms with Crippen LogP contribution in [0.5, 0.6) is 11.5 Å². The number of rotatable bonds is 8. The van der Waals surface area contributed by atoms with Crippen molar-refractivity contribution in [2.45, 2.75) is 19.8 Å². The van der Waals surface area contributed by atoms with Crippen LogP contribution in [-0.2, 0) is 17.6 Å². The number of aromatic amines is 1. The highest BCUT2D eigenvalue weighted by Crippen LogP contribution is 2.29. The fourth-order valence-electron chi connectivity index (χ4n) is 3.64. The number of anilines is 2. The highest BCUT2D eigenvalue weighted by molar-refractivity contribution is 6.06. The van der Waals surface area contributed by atoms with Gasteiger partial charge in [-0.3, -0.25) is 9.59 Å². The summed E-state index contributed by atoms with van der Waals surface area (Å²) in [6.07, 6.45) is 1.52. The molecule has 8 nitrogen and oxygen atoms in total. The largest absolute Gasteiger partial charge is 0.497 e. The molecule has 0 spiro atoms. The molecule has 3 N–H and O–H groups in total. The molecule has 0 aliphatic rings. The van der Waals surface area contributed by atoms with Crippen molar-refractivity contribution in [3.8, 4) is 11.5 Å². The van der Waals surface area contributed by atoms with E-state index in [2.05, 4.69) is 20.6 Å². The van der Waals surface area contributed by atoms with E-state index in [0.717, 1.165) is 41.0 Å². The van der Waals surface area contributed by atoms with Gasteiger partial charge in [-0.15, -0.1) is 0 Å². The molecule has 0 radical (unpaired) electrons. The number of imidazole rings is 1. The molecule has 34 heavy (non-hydrogen) atoms. The number of hydrogen-bond acceptors (Lipinski definition) is 5. The Morgan fingerprint density at radius 3 is 2.41 bits per heavy atom. The van der Waals surface area contributed by atoms with Crippen molar-refractivity contribution < 1.29 is 19.1 Å². The Balaban J connectivity index is 1.43. The van der Waals surface area contributed by atoms with E-state index in [1.807, 2.05) is 30.3 Å². The highest BCUT2D eigenvalue weighted by atomic mass is 16.5. The van der Waals surface area contributed by atoms with Gasteiger partial charge in [-0.2, -0.15) is 0 Å². The molecule has 0 fully saturated rings. The molecule has 174 valence electrons. The molecule has 3 aromatic carbocycles. The van der Waals surface area contributed by atoms with Crippen molar-refractivity contribution >= 4 is 34.2 Å². The molecule has 0 aliphatic carbocycles. The molecule has 0 aliphatic heterocycles. The van der Waals surface area contributed by atoms with Crippen LogP contribution in [0.2, 0.25) is 0 Å². The highest BCUT2D eigenvalue weighted by Gasteiger charge is 2.13. The van der Waals surface area contributed by atoms with Crippen molar-refractivity contribution in [2.75, 3.05) is 24.9 Å². The molecule has 0 bridgehead atoms. The maximum atomic E-state index is 12.8. The minimum atomic E-state index is -0.249. The van der Waals surface area contributed by atoms with Gasteiger partial charge in [0.15, 0.2) is 0 Å². The zero-order valence-corrected chi connectivity index (χ0v) is 19.3. The first-order chi connectivity index (χ1) is 16.4. The Labute approximate surface area is 197 Å². The summed E-state index contributed by atoms with van der Waals surface area (Å²) in [5.74, 6) is 1.66. The van der Waals surface area contributed by atoms with E-state index in [4.69, 9.17) is 9.47 Å². The normalized spacial score (nSPS) is 10.7. The van der Waals surface area contributed by atoms with Crippen LogP contribution in [0.1, 0.15) is 28.7 Å². The van der Waals surface area contributed by atoms with Gasteiger partial charge in [0.2, 0.25) is 5.91 Å². The lowest BCUT2D eigenvalue weighted by atomic mass is 10.1. The molecule has 0 saturated heterocycles. The summed E-state index contributed by atoms with van der Waals surface area (Å²) in [5.41, 5.74) is 4.58. The standard InChI is InChI=1S/C26H26N4O4/c1-16(31)27-19-8-4-17(5-9-19)6-13-25-28-21-11-7-18(14-23(21)29-25)26(32)30-22-12-10-20(33-2)15-24(22)34-3/h4-5,7-12,14-15H,6,13H2,1-3H3,(H,27,31)(H,28,29)(H,30,32). The predicted molar refractivity (Wildman–Crippen MR) is 132 cm³/mol. The summed E-state index contributed by atoms with van der Waals surface area (Å²) in [4.78, 5) is 31.9. The number of carbonyl (C=O) groups is 2. The molecule has 0 atom stereocenters. The third-order valence-corrected chi connectivity index (χ3v) is 5.37. The van der Waals surface area contributed by atoms with Gasteiger partial charge in [0.25, 0.3) is 5.91 Å². The van der Waals surface area contributed by atoms with Crippen molar-refractivity contribution in [2.24, 2.45) is 0 Å². The second-order valence-electron chi connectivity index (χ2n) is 7.81. The fraction of sp³-hybridized carbons (Fsp3) is 0.192. The second-order valence-corrected chi connectivity index (χ2v) is 7.81. The van der Waals surface area contributed by atoms with E-state index in [-0.39, 0.29) is 11.8 Å². The summed E-state index contributed by atoms with van der Waals surface area (Å²) in [6, 6.07) is 18.3. The first-order valence-corrected chi connectivity index (χ1v) is 10.8. The number of aryl methyl sites for hydroxylation is 2. The fourth-order valence-corrected chi connectivity index (χ4v) is 3.64. The quantitative estimate of drug-likeness (QED) is 0.359. The summed E-state index contributed by atoms with van der Waals surface area (Å²) in [6.45, 7) is 1.49. The Morgan fingerprint density at radius 2 is 1.71 bits per heavy atom. The smallest absolute Gasteiger partial charge is 0.255 e. The SMILES string of the molecule is COc1ccc(NC(=O)c2ccc3nc(CCc4ccc(NC(C)=O)cc4)[nH]c3c2)c(OC)c1. The first kappa shape index (κ1) is 22.8. The van der Waals surface area contributed by atoms with Crippen LogP contribution in [-0.4, -0.2) is 36.0 Å². The number of ether oxygens (including phenoxy) is 2. The van der Waals surface area contributed by atoms with E-state index in [1.54, 1.807) is 44.6 Å². The number of benzene rings is 3. The van der Waals surface area contributed by atoms with Gasteiger partial charge in [-0.25, -0.2) is 4.98 Å². The van der Waals surface area contributed by atoms with Gasteiger partial charge >= 0.3 is 0 Å². The van der Waals surface area contributed by atoms with Crippen LogP contribution in [0.25, 0.3) is 11.0 Å². The number of aromatic nitrogens is 2. The Bertz CT molecular complexity index is 1330. The van der Waals surface area contributed by atoms with Gasteiger partial charge in [0, 0.05) is 30.7 Å². The van der Waals surface area contributed by atoms with E-state index in [9.17, 15) is 9.59 Å². The van der Waals surface area contributed by atoms with E-state index < -0.39 is 0 Å². The second kappa shape index (κ2) is 10.1. The van der Waals surface area contributed by atoms with Crippen LogP contribution in [0, 0.1) is 0 Å². The van der Waals surface area contributed by atoms with Crippen LogP contribution in [0.3, 0.4) is 0 Å². The number of nitrogens with one attached hydrogen (secondary N) is 3. The summed E-state index contributed by atoms with van der Waals surface area (Å²) in [7, 11) is 3.12. The Hall–Kier alpha value is -4.33. The number of fused-ring (bicyclic) bond motifs is 1. The Morgan fingerprint density at radius 1 is 0.912 bits per heavy atom. The van der Waals surface area contributed by atoms with Crippen molar-refractivity contribution in [1.82, 2.24) is 9.97 Å². The zero-order valence-electron chi connectivity index (χ0n) is 19.3. The molecule has 2 amide bonds. The van der Waals surface area contributed by atoms with Crippen LogP contribution in [0.4, 0.5) is 11.4 Å². The number of H-pyrrole nitrogens is 1. The summed E-state index contributed by atoms with van der Waals surface area (Å²) in [5, 5.41) is 5.65. The summed E-state index contributed by atoms with van der Waals surface area (Å²) >= 11 is 0. The van der Waals surface area contributed by atoms with Gasteiger partial charge in [-0.05, 0) is 54.4 Å². The molecule has 4 aromatic rings. The minimum absolute atomic E-state index is 0.0915. The van der Waals surface area contributed by atoms with E-state index in [0.29, 0.717) is 22.7 Å². The third kappa shape index (κ3) is 5.35. The van der Waals surface area contributed by atoms with Gasteiger partial charge in [0.1, 0.15) is 17.3 Å². The average Bonchev–Trinajstić information content (AvgIpc) is 3.25. The minimum Gasteiger partial charge on any atom is -0.497 e. The van der Waals surface area contributed by atoms with Gasteiger partial charge in [0.05, 0.1) is 30.9 Å². The lowest BCUT2D eigenvalue weighted by Gasteiger charge is -2.11. The number of amides is 2. The van der Waals surface area contributed by atoms with Gasteiger partial charge < -0.3 is 25.1 Å². The molecule has 0 unspecified atom stereocenters. The maximum absolute atomic E-state index is 12.8. The monoisotopic (exact) mass is 458 g/mol. The first-order valence-electron chi connectivity index (χ1n) is 10.8. The molecule has 8 heteroatoms. The van der Waals surface area contributed by atoms with Crippen molar-refractivity contribution in [1.29, 1.82) is 0 Å². The molecular weight excluding hydrogens is 432 g/mol. The summed E-state index contributed by atoms with van der Waals surface area (Å²) < 4.78 is 10.6. The maximum Gasteiger partial charge on any atom is 0.255 e. The lowest BCUT2D eigenvalue weighted by molar-refractivity contribution is -0.114. The number of carbonyl (C=O) groups excluding carboxylic acids is 2. The molecule has 4 rings (SSSR count). The number of nitrogens with zero attached hydrogens (tertiary/aromatic N) is 1. The van der Waals surface area contributed by atoms with Gasteiger partial charge in [-0.1, -0.05) is 12.1 Å². The molecule has 0 saturated carbocycles. The van der Waals surface area contributed by atoms with E-state index >= 15 is 0 Å². The van der Waals surface area contributed by atoms with E-state index in [1.165, 1.54) is 6.92 Å². The van der Waals surface area contributed by atoms with Crippen LogP contribution in [0.15, 0.2) is 60.7 Å². The zero-order chi connectivity index (χ0) is 24.1. The number of methoxy groups -OCH3 is 2.